The van der Waals surface area contributed by atoms with Crippen LogP contribution in [-0.2, 0) is 4.79 Å². The van der Waals surface area contributed by atoms with Gasteiger partial charge < -0.3 is 15.3 Å². The first-order chi connectivity index (χ1) is 10.6. The van der Waals surface area contributed by atoms with Gasteiger partial charge in [-0.05, 0) is 44.9 Å². The lowest BCUT2D eigenvalue weighted by Gasteiger charge is -2.11. The molecule has 0 amide bonds. The highest BCUT2D eigenvalue weighted by atomic mass is 16.4. The minimum atomic E-state index is -0.835. The number of aliphatic hydroxyl groups excluding tert-OH is 2. The summed E-state index contributed by atoms with van der Waals surface area (Å²) in [6, 6.07) is 0. The number of carboxylic acids is 1. The van der Waals surface area contributed by atoms with Gasteiger partial charge in [0.1, 0.15) is 0 Å². The summed E-state index contributed by atoms with van der Waals surface area (Å²) in [4.78, 5) is 10.4. The fourth-order valence-electron chi connectivity index (χ4n) is 2.13. The third kappa shape index (κ3) is 15.3. The average Bonchev–Trinajstić information content (AvgIpc) is 2.47. The third-order valence-electron chi connectivity index (χ3n) is 3.50. The van der Waals surface area contributed by atoms with Crippen LogP contribution in [0.25, 0.3) is 0 Å². The Kier molecular flexibility index (Phi) is 14.0. The zero-order valence-electron chi connectivity index (χ0n) is 13.8. The number of carboxylic acid groups (broad SMARTS) is 1. The van der Waals surface area contributed by atoms with Crippen molar-refractivity contribution in [3.63, 3.8) is 0 Å². The van der Waals surface area contributed by atoms with Crippen molar-refractivity contribution in [3.05, 3.63) is 24.3 Å². The van der Waals surface area contributed by atoms with E-state index in [0.717, 1.165) is 12.8 Å². The normalized spacial score (nSPS) is 14.7. The van der Waals surface area contributed by atoms with E-state index in [2.05, 4.69) is 19.1 Å². The molecule has 0 aromatic carbocycles. The lowest BCUT2D eigenvalue weighted by Crippen LogP contribution is -2.12. The first-order valence-electron chi connectivity index (χ1n) is 8.45. The van der Waals surface area contributed by atoms with E-state index in [4.69, 9.17) is 5.11 Å². The molecule has 0 radical (unpaired) electrons. The predicted molar refractivity (Wildman–Crippen MR) is 89.8 cm³/mol. The van der Waals surface area contributed by atoms with Gasteiger partial charge in [-0.2, -0.15) is 0 Å². The molecule has 0 aromatic rings. The average molecular weight is 312 g/mol. The largest absolute Gasteiger partial charge is 0.481 e. The van der Waals surface area contributed by atoms with Crippen LogP contribution in [0, 0.1) is 0 Å². The second kappa shape index (κ2) is 14.8. The molecule has 128 valence electrons. The van der Waals surface area contributed by atoms with E-state index in [1.807, 2.05) is 6.08 Å². The van der Waals surface area contributed by atoms with Gasteiger partial charge in [0.05, 0.1) is 12.2 Å². The number of unbranched alkanes of at least 4 members (excludes halogenated alkanes) is 3. The minimum absolute atomic E-state index is 0.0874. The standard InChI is InChI=1S/C18H32O4/c1-2-3-4-5-6-7-8-9-11-16(19)14-15-17(20)12-10-13-18(21)22/h6-7,9,11,16-17,19-20H,2-5,8,10,12-15H2,1H3,(H,21,22)/b7-6-,11-9-/t16-,17+/m0/s1. The van der Waals surface area contributed by atoms with Crippen molar-refractivity contribution in [2.75, 3.05) is 0 Å². The van der Waals surface area contributed by atoms with Crippen LogP contribution in [0.15, 0.2) is 24.3 Å². The number of hydrogen-bond acceptors (Lipinski definition) is 3. The molecular formula is C18H32O4. The van der Waals surface area contributed by atoms with Crippen LogP contribution in [0.5, 0.6) is 0 Å². The summed E-state index contributed by atoms with van der Waals surface area (Å²) in [5.41, 5.74) is 0. The Morgan fingerprint density at radius 2 is 1.77 bits per heavy atom. The highest BCUT2D eigenvalue weighted by Gasteiger charge is 2.08. The molecule has 0 fully saturated rings. The molecule has 0 aliphatic carbocycles. The maximum atomic E-state index is 10.4. The van der Waals surface area contributed by atoms with E-state index in [1.54, 1.807) is 6.08 Å². The topological polar surface area (TPSA) is 77.8 Å². The van der Waals surface area contributed by atoms with Crippen LogP contribution in [0.2, 0.25) is 0 Å². The molecule has 0 spiro atoms. The van der Waals surface area contributed by atoms with Crippen LogP contribution in [0.1, 0.15) is 71.1 Å². The van der Waals surface area contributed by atoms with Crippen LogP contribution in [-0.4, -0.2) is 33.5 Å². The zero-order valence-corrected chi connectivity index (χ0v) is 13.8. The third-order valence-corrected chi connectivity index (χ3v) is 3.50. The van der Waals surface area contributed by atoms with Gasteiger partial charge in [-0.15, -0.1) is 0 Å². The molecule has 0 rings (SSSR count). The minimum Gasteiger partial charge on any atom is -0.481 e. The first-order valence-corrected chi connectivity index (χ1v) is 8.45. The molecule has 4 heteroatoms. The lowest BCUT2D eigenvalue weighted by atomic mass is 10.0. The fourth-order valence-corrected chi connectivity index (χ4v) is 2.13. The molecule has 0 aliphatic rings. The van der Waals surface area contributed by atoms with E-state index >= 15 is 0 Å². The number of hydrogen-bond donors (Lipinski definition) is 3. The van der Waals surface area contributed by atoms with Crippen LogP contribution in [0.4, 0.5) is 0 Å². The molecule has 0 aromatic heterocycles. The number of aliphatic carboxylic acids is 1. The van der Waals surface area contributed by atoms with Gasteiger partial charge in [0.15, 0.2) is 0 Å². The molecule has 22 heavy (non-hydrogen) atoms. The van der Waals surface area contributed by atoms with Crippen LogP contribution < -0.4 is 0 Å². The monoisotopic (exact) mass is 312 g/mol. The van der Waals surface area contributed by atoms with E-state index in [0.29, 0.717) is 25.7 Å². The summed E-state index contributed by atoms with van der Waals surface area (Å²) in [6.45, 7) is 2.19. The number of carbonyl (C=O) groups is 1. The summed E-state index contributed by atoms with van der Waals surface area (Å²) in [6.07, 6.45) is 14.7. The van der Waals surface area contributed by atoms with Gasteiger partial charge in [-0.25, -0.2) is 0 Å². The highest BCUT2D eigenvalue weighted by Crippen LogP contribution is 2.10. The Bertz CT molecular complexity index is 323. The van der Waals surface area contributed by atoms with Gasteiger partial charge in [0.2, 0.25) is 0 Å². The van der Waals surface area contributed by atoms with Crippen molar-refractivity contribution in [2.45, 2.75) is 83.3 Å². The number of rotatable bonds is 14. The second-order valence-corrected chi connectivity index (χ2v) is 5.72. The van der Waals surface area contributed by atoms with Crippen molar-refractivity contribution in [2.24, 2.45) is 0 Å². The summed E-state index contributed by atoms with van der Waals surface area (Å²) in [7, 11) is 0. The number of allylic oxidation sites excluding steroid dienone is 3. The highest BCUT2D eigenvalue weighted by molar-refractivity contribution is 5.66. The van der Waals surface area contributed by atoms with Gasteiger partial charge in [-0.1, -0.05) is 44.1 Å². The molecule has 0 saturated heterocycles. The molecule has 0 heterocycles. The SMILES string of the molecule is CCCCC/C=C\C/C=C\[C@H](O)CC[C@H](O)CCCC(=O)O. The molecule has 2 atom stereocenters. The molecule has 0 aliphatic heterocycles. The van der Waals surface area contributed by atoms with Crippen molar-refractivity contribution >= 4 is 5.97 Å². The van der Waals surface area contributed by atoms with Crippen LogP contribution >= 0.6 is 0 Å². The Morgan fingerprint density at radius 3 is 2.45 bits per heavy atom. The fraction of sp³-hybridized carbons (Fsp3) is 0.722. The molecule has 4 nitrogen and oxygen atoms in total. The van der Waals surface area contributed by atoms with E-state index in [1.165, 1.54) is 19.3 Å². The van der Waals surface area contributed by atoms with Crippen molar-refractivity contribution in [1.82, 2.24) is 0 Å². The Labute approximate surface area is 134 Å². The van der Waals surface area contributed by atoms with Crippen LogP contribution in [0.3, 0.4) is 0 Å². The quantitative estimate of drug-likeness (QED) is 0.336. The van der Waals surface area contributed by atoms with Crippen molar-refractivity contribution in [3.8, 4) is 0 Å². The van der Waals surface area contributed by atoms with Gasteiger partial charge in [0, 0.05) is 6.42 Å². The van der Waals surface area contributed by atoms with Crippen molar-refractivity contribution in [1.29, 1.82) is 0 Å². The smallest absolute Gasteiger partial charge is 0.303 e. The Morgan fingerprint density at radius 1 is 1.00 bits per heavy atom. The maximum Gasteiger partial charge on any atom is 0.303 e. The molecule has 3 N–H and O–H groups in total. The Hall–Kier alpha value is -1.13. The van der Waals surface area contributed by atoms with Gasteiger partial charge in [-0.3, -0.25) is 4.79 Å². The Balaban J connectivity index is 3.60. The van der Waals surface area contributed by atoms with E-state index in [9.17, 15) is 15.0 Å². The zero-order chi connectivity index (χ0) is 16.6. The summed E-state index contributed by atoms with van der Waals surface area (Å²) in [5.74, 6) is -0.835. The lowest BCUT2D eigenvalue weighted by molar-refractivity contribution is -0.137. The van der Waals surface area contributed by atoms with E-state index < -0.39 is 18.2 Å². The predicted octanol–water partition coefficient (Wildman–Crippen LogP) is 3.83. The molecule has 0 saturated carbocycles. The first kappa shape index (κ1) is 20.9. The summed E-state index contributed by atoms with van der Waals surface area (Å²) in [5, 5.41) is 28.0. The summed E-state index contributed by atoms with van der Waals surface area (Å²) >= 11 is 0. The summed E-state index contributed by atoms with van der Waals surface area (Å²) < 4.78 is 0. The molecule has 0 unspecified atom stereocenters. The maximum absolute atomic E-state index is 10.4. The second-order valence-electron chi connectivity index (χ2n) is 5.72. The van der Waals surface area contributed by atoms with Crippen molar-refractivity contribution < 1.29 is 20.1 Å². The van der Waals surface area contributed by atoms with Gasteiger partial charge >= 0.3 is 5.97 Å². The van der Waals surface area contributed by atoms with Gasteiger partial charge in [0.25, 0.3) is 0 Å². The molecule has 0 bridgehead atoms. The number of aliphatic hydroxyl groups is 2. The molecular weight excluding hydrogens is 280 g/mol. The van der Waals surface area contributed by atoms with E-state index in [-0.39, 0.29) is 6.42 Å².